The van der Waals surface area contributed by atoms with Crippen molar-refractivity contribution in [3.05, 3.63) is 29.8 Å². The lowest BCUT2D eigenvalue weighted by atomic mass is 10.1. The van der Waals surface area contributed by atoms with E-state index in [0.717, 1.165) is 31.0 Å². The van der Waals surface area contributed by atoms with Gasteiger partial charge in [0.15, 0.2) is 0 Å². The molecule has 152 valence electrons. The third kappa shape index (κ3) is 9.82. The van der Waals surface area contributed by atoms with Gasteiger partial charge in [-0.15, -0.1) is 11.8 Å². The van der Waals surface area contributed by atoms with Crippen molar-refractivity contribution in [1.82, 2.24) is 15.5 Å². The van der Waals surface area contributed by atoms with Gasteiger partial charge in [0.2, 0.25) is 11.8 Å². The van der Waals surface area contributed by atoms with Crippen LogP contribution in [0.15, 0.2) is 29.2 Å². The van der Waals surface area contributed by atoms with Gasteiger partial charge in [-0.05, 0) is 43.6 Å². The number of rotatable bonds is 13. The minimum Gasteiger partial charge on any atom is -0.353 e. The average molecular weight is 394 g/mol. The second-order valence-electron chi connectivity index (χ2n) is 6.63. The number of hydrogen-bond acceptors (Lipinski definition) is 4. The second kappa shape index (κ2) is 13.6. The van der Waals surface area contributed by atoms with Gasteiger partial charge in [0.05, 0.1) is 0 Å². The maximum Gasteiger partial charge on any atom is 0.243 e. The number of hydrogen-bond donors (Lipinski definition) is 2. The number of amides is 2. The number of carbonyl (C=O) groups excluding carboxylic acids is 2. The number of likely N-dealkylation sites (N-methyl/N-ethyl adjacent to an activating group) is 1. The molecule has 0 aliphatic carbocycles. The van der Waals surface area contributed by atoms with Gasteiger partial charge in [0.25, 0.3) is 0 Å². The van der Waals surface area contributed by atoms with Crippen LogP contribution in [0.2, 0.25) is 0 Å². The fourth-order valence-electron chi connectivity index (χ4n) is 2.74. The smallest absolute Gasteiger partial charge is 0.243 e. The molecule has 0 heterocycles. The number of benzene rings is 1. The zero-order chi connectivity index (χ0) is 20.1. The van der Waals surface area contributed by atoms with Crippen molar-refractivity contribution in [3.8, 4) is 0 Å². The molecule has 2 amide bonds. The van der Waals surface area contributed by atoms with E-state index >= 15 is 0 Å². The van der Waals surface area contributed by atoms with E-state index < -0.39 is 6.04 Å². The van der Waals surface area contributed by atoms with Crippen LogP contribution in [0, 0.1) is 0 Å². The second-order valence-corrected chi connectivity index (χ2v) is 7.72. The molecular weight excluding hydrogens is 358 g/mol. The van der Waals surface area contributed by atoms with E-state index in [9.17, 15) is 9.59 Å². The van der Waals surface area contributed by atoms with Gasteiger partial charge in [-0.25, -0.2) is 0 Å². The van der Waals surface area contributed by atoms with Crippen LogP contribution in [0.1, 0.15) is 46.1 Å². The molecule has 0 bridgehead atoms. The summed E-state index contributed by atoms with van der Waals surface area (Å²) in [7, 11) is 0. The molecule has 1 aromatic carbocycles. The molecule has 6 heteroatoms. The molecule has 0 aliphatic rings. The van der Waals surface area contributed by atoms with Gasteiger partial charge in [-0.1, -0.05) is 39.3 Å². The molecule has 5 nitrogen and oxygen atoms in total. The molecule has 1 atom stereocenters. The van der Waals surface area contributed by atoms with E-state index in [2.05, 4.69) is 60.6 Å². The third-order valence-corrected chi connectivity index (χ3v) is 5.58. The minimum absolute atomic E-state index is 0.121. The van der Waals surface area contributed by atoms with Gasteiger partial charge >= 0.3 is 0 Å². The maximum atomic E-state index is 12.5. The highest BCUT2D eigenvalue weighted by atomic mass is 32.2. The Labute approximate surface area is 168 Å². The monoisotopic (exact) mass is 393 g/mol. The van der Waals surface area contributed by atoms with E-state index in [1.54, 1.807) is 11.8 Å². The predicted octanol–water partition coefficient (Wildman–Crippen LogP) is 3.08. The normalized spacial score (nSPS) is 12.0. The summed E-state index contributed by atoms with van der Waals surface area (Å²) < 4.78 is 0. The lowest BCUT2D eigenvalue weighted by Crippen LogP contribution is -2.49. The van der Waals surface area contributed by atoms with Crippen molar-refractivity contribution >= 4 is 23.6 Å². The summed E-state index contributed by atoms with van der Waals surface area (Å²) in [6, 6.07) is 7.96. The van der Waals surface area contributed by atoms with Crippen LogP contribution < -0.4 is 10.6 Å². The highest BCUT2D eigenvalue weighted by Gasteiger charge is 2.19. The average Bonchev–Trinajstić information content (AvgIpc) is 2.67. The number of thioether (sulfide) groups is 1. The highest BCUT2D eigenvalue weighted by molar-refractivity contribution is 7.99. The lowest BCUT2D eigenvalue weighted by Gasteiger charge is -2.20. The Morgan fingerprint density at radius 2 is 1.78 bits per heavy atom. The molecule has 0 saturated carbocycles. The molecule has 2 N–H and O–H groups in total. The van der Waals surface area contributed by atoms with Crippen LogP contribution in [0.4, 0.5) is 0 Å². The van der Waals surface area contributed by atoms with Crippen molar-refractivity contribution < 1.29 is 9.59 Å². The molecule has 0 radical (unpaired) electrons. The minimum atomic E-state index is -0.524. The van der Waals surface area contributed by atoms with Crippen molar-refractivity contribution in [2.75, 3.05) is 31.9 Å². The van der Waals surface area contributed by atoms with Crippen molar-refractivity contribution in [2.24, 2.45) is 0 Å². The summed E-state index contributed by atoms with van der Waals surface area (Å²) in [5, 5.41) is 5.72. The van der Waals surface area contributed by atoms with Crippen LogP contribution in [-0.4, -0.2) is 54.7 Å². The summed E-state index contributed by atoms with van der Waals surface area (Å²) in [6.45, 7) is 11.2. The summed E-state index contributed by atoms with van der Waals surface area (Å²) in [6.07, 6.45) is 3.49. The van der Waals surface area contributed by atoms with Crippen molar-refractivity contribution in [1.29, 1.82) is 0 Å². The number of carbonyl (C=O) groups is 2. The molecule has 0 aromatic heterocycles. The van der Waals surface area contributed by atoms with Crippen LogP contribution in [-0.2, 0) is 16.0 Å². The van der Waals surface area contributed by atoms with Gasteiger partial charge in [-0.2, -0.15) is 0 Å². The molecule has 27 heavy (non-hydrogen) atoms. The Kier molecular flexibility index (Phi) is 11.9. The molecule has 0 spiro atoms. The summed E-state index contributed by atoms with van der Waals surface area (Å²) in [5.74, 6) is 0.212. The number of nitrogens with one attached hydrogen (secondary N) is 2. The van der Waals surface area contributed by atoms with Crippen LogP contribution in [0.25, 0.3) is 0 Å². The number of nitrogens with zero attached hydrogens (tertiary/aromatic N) is 1. The molecule has 0 saturated heterocycles. The van der Waals surface area contributed by atoms with E-state index in [-0.39, 0.29) is 11.8 Å². The SMILES string of the molecule is CCCCc1ccc(SCC(NC(C)=O)C(=O)NCCN(CC)CC)cc1. The van der Waals surface area contributed by atoms with Gasteiger partial charge in [-0.3, -0.25) is 9.59 Å². The lowest BCUT2D eigenvalue weighted by molar-refractivity contribution is -0.127. The van der Waals surface area contributed by atoms with E-state index in [1.807, 2.05) is 0 Å². The first-order valence-corrected chi connectivity index (χ1v) is 11.0. The number of unbranched alkanes of at least 4 members (excludes halogenated alkanes) is 1. The van der Waals surface area contributed by atoms with Crippen molar-refractivity contribution in [3.63, 3.8) is 0 Å². The fraction of sp³-hybridized carbons (Fsp3) is 0.619. The van der Waals surface area contributed by atoms with Gasteiger partial charge in [0, 0.05) is 30.7 Å². The van der Waals surface area contributed by atoms with E-state index in [4.69, 9.17) is 0 Å². The van der Waals surface area contributed by atoms with E-state index in [1.165, 1.54) is 25.3 Å². The topological polar surface area (TPSA) is 61.4 Å². The van der Waals surface area contributed by atoms with Crippen LogP contribution in [0.5, 0.6) is 0 Å². The first-order valence-electron chi connectivity index (χ1n) is 9.99. The Hall–Kier alpha value is -1.53. The third-order valence-electron chi connectivity index (χ3n) is 4.47. The Bertz CT molecular complexity index is 559. The number of aryl methyl sites for hydroxylation is 1. The molecule has 0 aliphatic heterocycles. The molecule has 1 unspecified atom stereocenters. The zero-order valence-electron chi connectivity index (χ0n) is 17.2. The zero-order valence-corrected chi connectivity index (χ0v) is 18.0. The fourth-order valence-corrected chi connectivity index (χ4v) is 3.66. The Morgan fingerprint density at radius 1 is 1.11 bits per heavy atom. The predicted molar refractivity (Wildman–Crippen MR) is 114 cm³/mol. The van der Waals surface area contributed by atoms with Crippen LogP contribution in [0.3, 0.4) is 0 Å². The van der Waals surface area contributed by atoms with Gasteiger partial charge < -0.3 is 15.5 Å². The molecule has 1 aromatic rings. The largest absolute Gasteiger partial charge is 0.353 e. The Balaban J connectivity index is 2.53. The maximum absolute atomic E-state index is 12.5. The summed E-state index contributed by atoms with van der Waals surface area (Å²) >= 11 is 1.59. The first-order chi connectivity index (χ1) is 13.0. The highest BCUT2D eigenvalue weighted by Crippen LogP contribution is 2.20. The summed E-state index contributed by atoms with van der Waals surface area (Å²) in [5.41, 5.74) is 1.34. The summed E-state index contributed by atoms with van der Waals surface area (Å²) in [4.78, 5) is 27.3. The van der Waals surface area contributed by atoms with Crippen LogP contribution >= 0.6 is 11.8 Å². The first kappa shape index (κ1) is 23.5. The Morgan fingerprint density at radius 3 is 2.33 bits per heavy atom. The molecule has 0 fully saturated rings. The molecular formula is C21H35N3O2S. The molecule has 1 rings (SSSR count). The van der Waals surface area contributed by atoms with E-state index in [0.29, 0.717) is 12.3 Å². The quantitative estimate of drug-likeness (QED) is 0.506. The van der Waals surface area contributed by atoms with Crippen molar-refractivity contribution in [2.45, 2.75) is 57.9 Å². The van der Waals surface area contributed by atoms with Gasteiger partial charge in [0.1, 0.15) is 6.04 Å². The standard InChI is InChI=1S/C21H35N3O2S/c1-5-8-9-18-10-12-19(13-11-18)27-16-20(23-17(4)25)21(26)22-14-15-24(6-2)7-3/h10-13,20H,5-9,14-16H2,1-4H3,(H,22,26)(H,23,25).